The fraction of sp³-hybridized carbons (Fsp3) is 0.448. The molecule has 0 radical (unpaired) electrons. The zero-order valence-corrected chi connectivity index (χ0v) is 21.2. The van der Waals surface area contributed by atoms with E-state index in [9.17, 15) is 0 Å². The van der Waals surface area contributed by atoms with E-state index in [0.29, 0.717) is 19.1 Å². The van der Waals surface area contributed by atoms with Gasteiger partial charge in [-0.15, -0.1) is 0 Å². The number of hydrogen-bond acceptors (Lipinski definition) is 2. The van der Waals surface area contributed by atoms with E-state index in [1.165, 1.54) is 46.2 Å². The van der Waals surface area contributed by atoms with Gasteiger partial charge in [-0.2, -0.15) is 0 Å². The highest BCUT2D eigenvalue weighted by molar-refractivity contribution is 6.73. The van der Waals surface area contributed by atoms with Gasteiger partial charge < -0.3 is 9.16 Å². The molecule has 0 spiro atoms. The second kappa shape index (κ2) is 12.2. The molecule has 0 aromatic heterocycles. The molecule has 32 heavy (non-hydrogen) atoms. The summed E-state index contributed by atoms with van der Waals surface area (Å²) in [7, 11) is -1.72. The van der Waals surface area contributed by atoms with Gasteiger partial charge >= 0.3 is 0 Å². The van der Waals surface area contributed by atoms with E-state index in [4.69, 9.17) is 9.16 Å². The molecule has 3 heteroatoms. The average molecular weight is 449 g/mol. The van der Waals surface area contributed by atoms with Crippen LogP contribution in [0.15, 0.2) is 84.1 Å². The number of rotatable bonds is 12. The highest BCUT2D eigenvalue weighted by Crippen LogP contribution is 2.39. The summed E-state index contributed by atoms with van der Waals surface area (Å²) in [5.74, 6) is 1.61. The van der Waals surface area contributed by atoms with E-state index < -0.39 is 8.32 Å². The van der Waals surface area contributed by atoms with Crippen molar-refractivity contribution in [3.63, 3.8) is 0 Å². The molecule has 2 aromatic rings. The quantitative estimate of drug-likeness (QED) is 0.241. The molecular formula is C29H40O2Si. The Hall–Kier alpha value is -2.10. The topological polar surface area (TPSA) is 18.5 Å². The maximum Gasteiger partial charge on any atom is 0.250 e. The summed E-state index contributed by atoms with van der Waals surface area (Å²) >= 11 is 0. The first-order valence-electron chi connectivity index (χ1n) is 12.3. The van der Waals surface area contributed by atoms with Crippen LogP contribution < -0.4 is 0 Å². The Morgan fingerprint density at radius 3 is 2.09 bits per heavy atom. The molecule has 0 saturated heterocycles. The zero-order valence-electron chi connectivity index (χ0n) is 20.2. The minimum atomic E-state index is -1.72. The van der Waals surface area contributed by atoms with E-state index in [1.807, 2.05) is 6.07 Å². The van der Waals surface area contributed by atoms with Crippen LogP contribution in [0.4, 0.5) is 0 Å². The molecular weight excluding hydrogens is 408 g/mol. The molecule has 0 fully saturated rings. The second-order valence-corrected chi connectivity index (χ2v) is 13.7. The minimum absolute atomic E-state index is 0.340. The number of hydrogen-bond donors (Lipinski definition) is 0. The van der Waals surface area contributed by atoms with Crippen LogP contribution in [-0.4, -0.2) is 14.9 Å². The van der Waals surface area contributed by atoms with Crippen LogP contribution in [-0.2, 0) is 22.2 Å². The third-order valence-electron chi connectivity index (χ3n) is 7.08. The van der Waals surface area contributed by atoms with Crippen LogP contribution in [0.25, 0.3) is 0 Å². The first kappa shape index (κ1) is 24.5. The number of ether oxygens (including phenoxy) is 1. The van der Waals surface area contributed by atoms with Gasteiger partial charge in [0.05, 0.1) is 19.0 Å². The lowest BCUT2D eigenvalue weighted by Gasteiger charge is -2.36. The Balaban J connectivity index is 1.81. The molecule has 3 rings (SSSR count). The van der Waals surface area contributed by atoms with Gasteiger partial charge in [0.1, 0.15) is 0 Å². The van der Waals surface area contributed by atoms with E-state index in [1.54, 1.807) is 0 Å². The first-order chi connectivity index (χ1) is 15.6. The molecule has 0 bridgehead atoms. The SMILES string of the molecule is C=C(COCc1ccccc1)[C@H]1CCCC(O[Si](CC)(CC)CC)=C1Cc1ccccc1. The van der Waals surface area contributed by atoms with Gasteiger partial charge in [-0.3, -0.25) is 0 Å². The maximum absolute atomic E-state index is 7.00. The lowest BCUT2D eigenvalue weighted by atomic mass is 9.79. The van der Waals surface area contributed by atoms with Crippen molar-refractivity contribution in [1.29, 1.82) is 0 Å². The highest BCUT2D eigenvalue weighted by Gasteiger charge is 2.35. The van der Waals surface area contributed by atoms with Crippen LogP contribution in [0.5, 0.6) is 0 Å². The summed E-state index contributed by atoms with van der Waals surface area (Å²) in [6.45, 7) is 12.7. The van der Waals surface area contributed by atoms with Crippen molar-refractivity contribution in [2.75, 3.05) is 6.61 Å². The van der Waals surface area contributed by atoms with Crippen molar-refractivity contribution >= 4 is 8.32 Å². The molecule has 0 amide bonds. The lowest BCUT2D eigenvalue weighted by Crippen LogP contribution is -2.37. The van der Waals surface area contributed by atoms with Crippen LogP contribution in [0.2, 0.25) is 18.1 Å². The van der Waals surface area contributed by atoms with Crippen LogP contribution in [0.1, 0.15) is 51.2 Å². The van der Waals surface area contributed by atoms with Crippen molar-refractivity contribution in [1.82, 2.24) is 0 Å². The number of benzene rings is 2. The molecule has 1 aliphatic rings. The smallest absolute Gasteiger partial charge is 0.250 e. The van der Waals surface area contributed by atoms with E-state index in [2.05, 4.69) is 81.9 Å². The minimum Gasteiger partial charge on any atom is -0.547 e. The third kappa shape index (κ3) is 6.46. The van der Waals surface area contributed by atoms with E-state index in [-0.39, 0.29) is 0 Å². The summed E-state index contributed by atoms with van der Waals surface area (Å²) in [5.41, 5.74) is 5.19. The van der Waals surface area contributed by atoms with Gasteiger partial charge in [-0.25, -0.2) is 0 Å². The molecule has 1 aliphatic carbocycles. The zero-order chi connectivity index (χ0) is 22.8. The Morgan fingerprint density at radius 1 is 0.906 bits per heavy atom. The molecule has 0 saturated carbocycles. The van der Waals surface area contributed by atoms with Gasteiger partial charge in [0.15, 0.2) is 0 Å². The van der Waals surface area contributed by atoms with Crippen LogP contribution in [0, 0.1) is 5.92 Å². The standard InChI is InChI=1S/C29H40O2Si/c1-5-32(6-2,7-3)31-29-20-14-19-27(28(29)21-25-15-10-8-11-16-25)24(4)22-30-23-26-17-12-9-13-18-26/h8-13,15-18,27H,4-7,14,19-23H2,1-3H3/t27-/m1/s1. The average Bonchev–Trinajstić information content (AvgIpc) is 2.85. The Labute approximate surface area is 196 Å². The Kier molecular flexibility index (Phi) is 9.37. The van der Waals surface area contributed by atoms with Crippen molar-refractivity contribution in [3.05, 3.63) is 95.3 Å². The van der Waals surface area contributed by atoms with Crippen LogP contribution in [0.3, 0.4) is 0 Å². The first-order valence-corrected chi connectivity index (χ1v) is 14.9. The summed E-state index contributed by atoms with van der Waals surface area (Å²) in [6, 6.07) is 24.7. The summed E-state index contributed by atoms with van der Waals surface area (Å²) in [5, 5.41) is 0. The summed E-state index contributed by atoms with van der Waals surface area (Å²) in [4.78, 5) is 0. The van der Waals surface area contributed by atoms with Crippen molar-refractivity contribution in [2.24, 2.45) is 5.92 Å². The fourth-order valence-corrected chi connectivity index (χ4v) is 7.49. The van der Waals surface area contributed by atoms with E-state index in [0.717, 1.165) is 25.7 Å². The Morgan fingerprint density at radius 2 is 1.50 bits per heavy atom. The van der Waals surface area contributed by atoms with Gasteiger partial charge in [0.2, 0.25) is 8.32 Å². The van der Waals surface area contributed by atoms with Crippen molar-refractivity contribution in [3.8, 4) is 0 Å². The van der Waals surface area contributed by atoms with Gasteiger partial charge in [-0.1, -0.05) is 88.0 Å². The van der Waals surface area contributed by atoms with E-state index >= 15 is 0 Å². The largest absolute Gasteiger partial charge is 0.547 e. The predicted molar refractivity (Wildman–Crippen MR) is 138 cm³/mol. The monoisotopic (exact) mass is 448 g/mol. The maximum atomic E-state index is 7.00. The molecule has 172 valence electrons. The molecule has 0 aliphatic heterocycles. The molecule has 2 nitrogen and oxygen atoms in total. The number of allylic oxidation sites excluding steroid dienone is 2. The predicted octanol–water partition coefficient (Wildman–Crippen LogP) is 8.08. The van der Waals surface area contributed by atoms with Crippen molar-refractivity contribution < 1.29 is 9.16 Å². The van der Waals surface area contributed by atoms with Gasteiger partial charge in [-0.05, 0) is 59.7 Å². The van der Waals surface area contributed by atoms with Gasteiger partial charge in [0.25, 0.3) is 0 Å². The van der Waals surface area contributed by atoms with Crippen molar-refractivity contribution in [2.45, 2.75) is 71.2 Å². The summed E-state index contributed by atoms with van der Waals surface area (Å²) in [6.07, 6.45) is 4.31. The Bertz CT molecular complexity index is 860. The normalized spacial score (nSPS) is 16.8. The van der Waals surface area contributed by atoms with Crippen LogP contribution >= 0.6 is 0 Å². The lowest BCUT2D eigenvalue weighted by molar-refractivity contribution is 0.136. The van der Waals surface area contributed by atoms with Gasteiger partial charge in [0, 0.05) is 12.3 Å². The highest BCUT2D eigenvalue weighted by atomic mass is 28.4. The molecule has 0 N–H and O–H groups in total. The molecule has 2 aromatic carbocycles. The fourth-order valence-electron chi connectivity index (χ4n) is 4.80. The summed E-state index contributed by atoms with van der Waals surface area (Å²) < 4.78 is 13.1. The molecule has 0 heterocycles. The molecule has 1 atom stereocenters. The third-order valence-corrected chi connectivity index (χ3v) is 11.6. The molecule has 0 unspecified atom stereocenters. The second-order valence-electron chi connectivity index (χ2n) is 9.04.